The molecule has 0 aliphatic carbocycles. The number of aromatic amines is 1. The van der Waals surface area contributed by atoms with E-state index in [1.54, 1.807) is 0 Å². The number of likely N-dealkylation sites (tertiary alicyclic amines) is 1. The zero-order valence-electron chi connectivity index (χ0n) is 16.9. The summed E-state index contributed by atoms with van der Waals surface area (Å²) in [7, 11) is -1.72. The first-order chi connectivity index (χ1) is 14.0. The van der Waals surface area contributed by atoms with Gasteiger partial charge in [-0.3, -0.25) is 4.90 Å². The summed E-state index contributed by atoms with van der Waals surface area (Å²) in [6.07, 6.45) is 4.98. The molecule has 1 aliphatic rings. The van der Waals surface area contributed by atoms with Crippen LogP contribution in [0.5, 0.6) is 0 Å². The van der Waals surface area contributed by atoms with E-state index in [0.29, 0.717) is 12.3 Å². The molecule has 1 fully saturated rings. The fourth-order valence-electron chi connectivity index (χ4n) is 4.28. The lowest BCUT2D eigenvalue weighted by atomic mass is 9.88. The Balaban J connectivity index is 1.43. The maximum Gasteiger partial charge on any atom is 0.211 e. The highest BCUT2D eigenvalue weighted by molar-refractivity contribution is 7.89. The number of aryl methyl sites for hydroxylation is 1. The van der Waals surface area contributed by atoms with Crippen LogP contribution in [0.1, 0.15) is 35.4 Å². The number of sulfonamides is 1. The molecule has 0 spiro atoms. The maximum atomic E-state index is 11.7. The molecule has 0 radical (unpaired) electrons. The third-order valence-electron chi connectivity index (χ3n) is 6.03. The summed E-state index contributed by atoms with van der Waals surface area (Å²) in [4.78, 5) is 5.94. The van der Waals surface area contributed by atoms with E-state index in [2.05, 4.69) is 63.3 Å². The van der Waals surface area contributed by atoms with Gasteiger partial charge in [-0.05, 0) is 74.1 Å². The highest BCUT2D eigenvalue weighted by atomic mass is 32.2. The van der Waals surface area contributed by atoms with Gasteiger partial charge in [0.25, 0.3) is 0 Å². The molecule has 2 N–H and O–H groups in total. The average Bonchev–Trinajstić information content (AvgIpc) is 3.17. The van der Waals surface area contributed by atoms with Gasteiger partial charge in [0.15, 0.2) is 0 Å². The number of hydrogen-bond donors (Lipinski definition) is 2. The van der Waals surface area contributed by atoms with E-state index in [1.807, 2.05) is 6.07 Å². The van der Waals surface area contributed by atoms with Gasteiger partial charge in [-0.1, -0.05) is 36.4 Å². The van der Waals surface area contributed by atoms with Gasteiger partial charge in [-0.15, -0.1) is 0 Å². The minimum Gasteiger partial charge on any atom is -0.361 e. The second-order valence-electron chi connectivity index (χ2n) is 7.93. The van der Waals surface area contributed by atoms with Crippen molar-refractivity contribution >= 4 is 20.9 Å². The number of H-pyrrole nitrogens is 1. The molecule has 4 rings (SSSR count). The summed E-state index contributed by atoms with van der Waals surface area (Å²) in [6, 6.07) is 16.9. The van der Waals surface area contributed by atoms with E-state index >= 15 is 0 Å². The molecule has 1 aliphatic heterocycles. The van der Waals surface area contributed by atoms with Gasteiger partial charge in [-0.2, -0.15) is 0 Å². The summed E-state index contributed by atoms with van der Waals surface area (Å²) in [5.41, 5.74) is 4.95. The number of piperidine rings is 1. The van der Waals surface area contributed by atoms with Crippen LogP contribution in [0.4, 0.5) is 0 Å². The lowest BCUT2D eigenvalue weighted by Crippen LogP contribution is -2.32. The van der Waals surface area contributed by atoms with E-state index in [1.165, 1.54) is 23.6 Å². The molecule has 2 heterocycles. The standard InChI is InChI=1S/C23H29N3O2S/c1-24-29(27,28)14-11-18-7-8-23-21(15-18)22(16-25-23)20-9-12-26(13-10-20)17-19-5-3-2-4-6-19/h2-8,15-16,20,24-25H,9-14,17H2,1H3. The predicted octanol–water partition coefficient (Wildman–Crippen LogP) is 3.64. The zero-order chi connectivity index (χ0) is 20.3. The molecule has 0 unspecified atom stereocenters. The topological polar surface area (TPSA) is 65.2 Å². The Kier molecular flexibility index (Phi) is 6.04. The van der Waals surface area contributed by atoms with E-state index < -0.39 is 10.0 Å². The minimum atomic E-state index is -3.18. The highest BCUT2D eigenvalue weighted by Gasteiger charge is 2.23. The van der Waals surface area contributed by atoms with Gasteiger partial charge in [0.05, 0.1) is 5.75 Å². The highest BCUT2D eigenvalue weighted by Crippen LogP contribution is 2.34. The fraction of sp³-hybridized carbons (Fsp3) is 0.391. The van der Waals surface area contributed by atoms with Crippen LogP contribution in [0.3, 0.4) is 0 Å². The molecule has 29 heavy (non-hydrogen) atoms. The molecular weight excluding hydrogens is 382 g/mol. The predicted molar refractivity (Wildman–Crippen MR) is 119 cm³/mol. The van der Waals surface area contributed by atoms with Gasteiger partial charge in [0.2, 0.25) is 10.0 Å². The summed E-state index contributed by atoms with van der Waals surface area (Å²) in [6.45, 7) is 3.23. The second kappa shape index (κ2) is 8.69. The molecule has 5 nitrogen and oxygen atoms in total. The van der Waals surface area contributed by atoms with E-state index in [-0.39, 0.29) is 5.75 Å². The third kappa shape index (κ3) is 4.89. The van der Waals surface area contributed by atoms with Gasteiger partial charge < -0.3 is 4.98 Å². The monoisotopic (exact) mass is 411 g/mol. The number of aromatic nitrogens is 1. The Hall–Kier alpha value is -2.15. The number of fused-ring (bicyclic) bond motifs is 1. The van der Waals surface area contributed by atoms with Crippen LogP contribution in [-0.4, -0.2) is 44.2 Å². The smallest absolute Gasteiger partial charge is 0.211 e. The van der Waals surface area contributed by atoms with Crippen molar-refractivity contribution in [3.63, 3.8) is 0 Å². The van der Waals surface area contributed by atoms with Gasteiger partial charge in [0, 0.05) is 23.6 Å². The number of benzene rings is 2. The number of nitrogens with one attached hydrogen (secondary N) is 2. The maximum absolute atomic E-state index is 11.7. The van der Waals surface area contributed by atoms with Crippen LogP contribution in [0.2, 0.25) is 0 Å². The van der Waals surface area contributed by atoms with Crippen LogP contribution >= 0.6 is 0 Å². The van der Waals surface area contributed by atoms with Crippen molar-refractivity contribution in [1.29, 1.82) is 0 Å². The first kappa shape index (κ1) is 20.1. The molecular formula is C23H29N3O2S. The van der Waals surface area contributed by atoms with Crippen molar-refractivity contribution in [3.8, 4) is 0 Å². The molecule has 2 aromatic carbocycles. The molecule has 0 bridgehead atoms. The Labute approximate surface area is 173 Å². The van der Waals surface area contributed by atoms with Crippen molar-refractivity contribution in [2.45, 2.75) is 31.7 Å². The van der Waals surface area contributed by atoms with Crippen molar-refractivity contribution < 1.29 is 8.42 Å². The molecule has 3 aromatic rings. The molecule has 1 aromatic heterocycles. The summed E-state index contributed by atoms with van der Waals surface area (Å²) in [5, 5.41) is 1.24. The Morgan fingerprint density at radius 3 is 2.55 bits per heavy atom. The fourth-order valence-corrected chi connectivity index (χ4v) is 4.99. The molecule has 0 atom stereocenters. The third-order valence-corrected chi connectivity index (χ3v) is 7.39. The molecule has 0 amide bonds. The van der Waals surface area contributed by atoms with Crippen LogP contribution in [-0.2, 0) is 23.0 Å². The van der Waals surface area contributed by atoms with E-state index in [4.69, 9.17) is 0 Å². The Morgan fingerprint density at radius 1 is 1.07 bits per heavy atom. The zero-order valence-corrected chi connectivity index (χ0v) is 17.7. The van der Waals surface area contributed by atoms with E-state index in [0.717, 1.165) is 43.6 Å². The van der Waals surface area contributed by atoms with Crippen molar-refractivity contribution in [2.24, 2.45) is 0 Å². The number of hydrogen-bond acceptors (Lipinski definition) is 3. The average molecular weight is 412 g/mol. The summed E-state index contributed by atoms with van der Waals surface area (Å²) < 4.78 is 25.9. The lowest BCUT2D eigenvalue weighted by Gasteiger charge is -2.32. The summed E-state index contributed by atoms with van der Waals surface area (Å²) in [5.74, 6) is 0.666. The van der Waals surface area contributed by atoms with Crippen molar-refractivity contribution in [2.75, 3.05) is 25.9 Å². The van der Waals surface area contributed by atoms with Crippen LogP contribution in [0, 0.1) is 0 Å². The number of nitrogens with zero attached hydrogens (tertiary/aromatic N) is 1. The first-order valence-corrected chi connectivity index (χ1v) is 12.0. The van der Waals surface area contributed by atoms with E-state index in [9.17, 15) is 8.42 Å². The largest absolute Gasteiger partial charge is 0.361 e. The Bertz CT molecular complexity index is 1050. The van der Waals surface area contributed by atoms with Gasteiger partial charge in [0.1, 0.15) is 0 Å². The Morgan fingerprint density at radius 2 is 1.83 bits per heavy atom. The van der Waals surface area contributed by atoms with Crippen LogP contribution in [0.25, 0.3) is 10.9 Å². The van der Waals surface area contributed by atoms with Gasteiger partial charge >= 0.3 is 0 Å². The van der Waals surface area contributed by atoms with Crippen LogP contribution in [0.15, 0.2) is 54.7 Å². The first-order valence-electron chi connectivity index (χ1n) is 10.3. The van der Waals surface area contributed by atoms with Crippen molar-refractivity contribution in [1.82, 2.24) is 14.6 Å². The van der Waals surface area contributed by atoms with Crippen LogP contribution < -0.4 is 4.72 Å². The SMILES string of the molecule is CNS(=O)(=O)CCc1ccc2[nH]cc(C3CCN(Cc4ccccc4)CC3)c2c1. The number of rotatable bonds is 7. The molecule has 1 saturated heterocycles. The molecule has 0 saturated carbocycles. The van der Waals surface area contributed by atoms with Gasteiger partial charge in [-0.25, -0.2) is 13.1 Å². The summed E-state index contributed by atoms with van der Waals surface area (Å²) >= 11 is 0. The second-order valence-corrected chi connectivity index (χ2v) is 9.98. The molecule has 154 valence electrons. The lowest BCUT2D eigenvalue weighted by molar-refractivity contribution is 0.205. The normalized spacial score (nSPS) is 16.4. The van der Waals surface area contributed by atoms with Crippen molar-refractivity contribution in [3.05, 3.63) is 71.4 Å². The minimum absolute atomic E-state index is 0.118. The quantitative estimate of drug-likeness (QED) is 0.624. The molecule has 6 heteroatoms.